The quantitative estimate of drug-likeness (QED) is 0.818. The van der Waals surface area contributed by atoms with E-state index >= 15 is 0 Å². The van der Waals surface area contributed by atoms with E-state index in [-0.39, 0.29) is 18.3 Å². The van der Waals surface area contributed by atoms with Crippen molar-refractivity contribution in [2.45, 2.75) is 32.8 Å². The van der Waals surface area contributed by atoms with E-state index in [2.05, 4.69) is 15.9 Å². The van der Waals surface area contributed by atoms with Crippen LogP contribution >= 0.6 is 15.9 Å². The second kappa shape index (κ2) is 6.54. The SMILES string of the molecule is CC(=O)c1cc(Br)ccc1OC(C)CCC(=O)O. The fourth-order valence-corrected chi connectivity index (χ4v) is 1.84. The van der Waals surface area contributed by atoms with Crippen molar-refractivity contribution in [2.24, 2.45) is 0 Å². The largest absolute Gasteiger partial charge is 0.490 e. The van der Waals surface area contributed by atoms with Gasteiger partial charge >= 0.3 is 5.97 Å². The van der Waals surface area contributed by atoms with Crippen LogP contribution in [0, 0.1) is 0 Å². The van der Waals surface area contributed by atoms with Crippen LogP contribution < -0.4 is 4.74 Å². The number of Topliss-reactive ketones (excluding diaryl/α,β-unsaturated/α-hetero) is 1. The first-order valence-electron chi connectivity index (χ1n) is 5.59. The molecule has 0 aliphatic carbocycles. The number of carboxylic acids is 1. The van der Waals surface area contributed by atoms with Crippen LogP contribution in [-0.4, -0.2) is 23.0 Å². The Morgan fingerprint density at radius 1 is 1.44 bits per heavy atom. The van der Waals surface area contributed by atoms with E-state index < -0.39 is 5.97 Å². The number of ketones is 1. The Hall–Kier alpha value is -1.36. The van der Waals surface area contributed by atoms with Gasteiger partial charge in [0.2, 0.25) is 0 Å². The van der Waals surface area contributed by atoms with E-state index in [1.54, 1.807) is 25.1 Å². The molecule has 98 valence electrons. The highest BCUT2D eigenvalue weighted by molar-refractivity contribution is 9.10. The number of benzene rings is 1. The maximum atomic E-state index is 11.5. The molecule has 1 unspecified atom stereocenters. The van der Waals surface area contributed by atoms with Gasteiger partial charge in [-0.3, -0.25) is 9.59 Å². The molecule has 1 atom stereocenters. The van der Waals surface area contributed by atoms with Crippen molar-refractivity contribution in [3.8, 4) is 5.75 Å². The van der Waals surface area contributed by atoms with Crippen LogP contribution in [0.2, 0.25) is 0 Å². The van der Waals surface area contributed by atoms with Gasteiger partial charge in [-0.15, -0.1) is 0 Å². The van der Waals surface area contributed by atoms with Crippen LogP contribution in [0.15, 0.2) is 22.7 Å². The Bertz CT molecular complexity index is 456. The van der Waals surface area contributed by atoms with Gasteiger partial charge in [0.25, 0.3) is 0 Å². The molecule has 0 heterocycles. The van der Waals surface area contributed by atoms with E-state index in [1.165, 1.54) is 6.92 Å². The van der Waals surface area contributed by atoms with Crippen LogP contribution in [-0.2, 0) is 4.79 Å². The summed E-state index contributed by atoms with van der Waals surface area (Å²) in [6.45, 7) is 3.26. The minimum atomic E-state index is -0.854. The zero-order chi connectivity index (χ0) is 13.7. The highest BCUT2D eigenvalue weighted by Gasteiger charge is 2.13. The number of ether oxygens (including phenoxy) is 1. The number of halogens is 1. The van der Waals surface area contributed by atoms with Gasteiger partial charge in [0.1, 0.15) is 5.75 Å². The van der Waals surface area contributed by atoms with Crippen molar-refractivity contribution < 1.29 is 19.4 Å². The molecule has 0 aliphatic rings. The van der Waals surface area contributed by atoms with E-state index in [4.69, 9.17) is 9.84 Å². The Kier molecular flexibility index (Phi) is 5.34. The minimum Gasteiger partial charge on any atom is -0.490 e. The van der Waals surface area contributed by atoms with Gasteiger partial charge in [-0.05, 0) is 38.5 Å². The third-order valence-electron chi connectivity index (χ3n) is 2.41. The third kappa shape index (κ3) is 4.49. The topological polar surface area (TPSA) is 63.6 Å². The molecule has 0 fully saturated rings. The highest BCUT2D eigenvalue weighted by Crippen LogP contribution is 2.25. The van der Waals surface area contributed by atoms with E-state index in [0.717, 1.165) is 4.47 Å². The summed E-state index contributed by atoms with van der Waals surface area (Å²) in [6, 6.07) is 5.19. The summed E-state index contributed by atoms with van der Waals surface area (Å²) in [5.74, 6) is -0.451. The molecule has 4 nitrogen and oxygen atoms in total. The van der Waals surface area contributed by atoms with Crippen LogP contribution in [0.4, 0.5) is 0 Å². The summed E-state index contributed by atoms with van der Waals surface area (Å²) in [5.41, 5.74) is 0.492. The molecular weight excluding hydrogens is 300 g/mol. The lowest BCUT2D eigenvalue weighted by molar-refractivity contribution is -0.137. The molecule has 1 aromatic carbocycles. The van der Waals surface area contributed by atoms with Crippen molar-refractivity contribution in [1.82, 2.24) is 0 Å². The van der Waals surface area contributed by atoms with Crippen LogP contribution in [0.5, 0.6) is 5.75 Å². The zero-order valence-electron chi connectivity index (χ0n) is 10.3. The first-order chi connectivity index (χ1) is 8.40. The molecule has 0 radical (unpaired) electrons. The average Bonchev–Trinajstić information content (AvgIpc) is 2.28. The molecule has 0 aliphatic heterocycles. The molecule has 0 aromatic heterocycles. The van der Waals surface area contributed by atoms with Gasteiger partial charge in [-0.2, -0.15) is 0 Å². The lowest BCUT2D eigenvalue weighted by atomic mass is 10.1. The predicted octanol–water partition coefficient (Wildman–Crippen LogP) is 3.28. The molecule has 0 amide bonds. The summed E-state index contributed by atoms with van der Waals surface area (Å²) in [4.78, 5) is 21.9. The second-order valence-corrected chi connectivity index (χ2v) is 4.97. The molecule has 1 N–H and O–H groups in total. The first kappa shape index (κ1) is 14.7. The number of rotatable bonds is 6. The fraction of sp³-hybridized carbons (Fsp3) is 0.385. The van der Waals surface area contributed by atoms with Crippen LogP contribution in [0.25, 0.3) is 0 Å². The Balaban J connectivity index is 2.77. The standard InChI is InChI=1S/C13H15BrO4/c1-8(3-6-13(16)17)18-12-5-4-10(14)7-11(12)9(2)15/h4-5,7-8H,3,6H2,1-2H3,(H,16,17). The van der Waals surface area contributed by atoms with Gasteiger partial charge in [0.05, 0.1) is 11.7 Å². The third-order valence-corrected chi connectivity index (χ3v) is 2.91. The number of carbonyl (C=O) groups is 2. The fourth-order valence-electron chi connectivity index (χ4n) is 1.48. The molecule has 5 heteroatoms. The summed E-state index contributed by atoms with van der Waals surface area (Å²) >= 11 is 3.30. The maximum absolute atomic E-state index is 11.5. The summed E-state index contributed by atoms with van der Waals surface area (Å²) < 4.78 is 6.41. The molecule has 0 saturated carbocycles. The molecule has 0 spiro atoms. The van der Waals surface area contributed by atoms with Crippen molar-refractivity contribution in [3.63, 3.8) is 0 Å². The van der Waals surface area contributed by atoms with Gasteiger partial charge in [0.15, 0.2) is 5.78 Å². The van der Waals surface area contributed by atoms with Crippen LogP contribution in [0.3, 0.4) is 0 Å². The number of carboxylic acid groups (broad SMARTS) is 1. The van der Waals surface area contributed by atoms with Crippen LogP contribution in [0.1, 0.15) is 37.0 Å². The van der Waals surface area contributed by atoms with Crippen molar-refractivity contribution in [3.05, 3.63) is 28.2 Å². The van der Waals surface area contributed by atoms with Gasteiger partial charge in [-0.1, -0.05) is 15.9 Å². The lowest BCUT2D eigenvalue weighted by Crippen LogP contribution is -2.15. The lowest BCUT2D eigenvalue weighted by Gasteiger charge is -2.16. The second-order valence-electron chi connectivity index (χ2n) is 4.06. The average molecular weight is 315 g/mol. The number of hydrogen-bond donors (Lipinski definition) is 1. The first-order valence-corrected chi connectivity index (χ1v) is 6.38. The zero-order valence-corrected chi connectivity index (χ0v) is 11.9. The number of aliphatic carboxylic acids is 1. The Labute approximate surface area is 114 Å². The summed E-state index contributed by atoms with van der Waals surface area (Å²) in [7, 11) is 0. The highest BCUT2D eigenvalue weighted by atomic mass is 79.9. The summed E-state index contributed by atoms with van der Waals surface area (Å²) in [5, 5.41) is 8.59. The van der Waals surface area contributed by atoms with Gasteiger partial charge < -0.3 is 9.84 Å². The molecule has 0 bridgehead atoms. The molecule has 18 heavy (non-hydrogen) atoms. The predicted molar refractivity (Wildman–Crippen MR) is 71.1 cm³/mol. The molecular formula is C13H15BrO4. The van der Waals surface area contributed by atoms with Gasteiger partial charge in [-0.25, -0.2) is 0 Å². The monoisotopic (exact) mass is 314 g/mol. The number of carbonyl (C=O) groups excluding carboxylic acids is 1. The van der Waals surface area contributed by atoms with Crippen molar-refractivity contribution >= 4 is 27.7 Å². The maximum Gasteiger partial charge on any atom is 0.303 e. The minimum absolute atomic E-state index is 0.0487. The Morgan fingerprint density at radius 3 is 2.67 bits per heavy atom. The summed E-state index contributed by atoms with van der Waals surface area (Å²) in [6.07, 6.45) is 0.205. The normalized spacial score (nSPS) is 11.9. The molecule has 1 aromatic rings. The Morgan fingerprint density at radius 2 is 2.11 bits per heavy atom. The van der Waals surface area contributed by atoms with Gasteiger partial charge in [0, 0.05) is 10.9 Å². The smallest absolute Gasteiger partial charge is 0.303 e. The molecule has 0 saturated heterocycles. The molecule has 1 rings (SSSR count). The number of hydrogen-bond acceptors (Lipinski definition) is 3. The van der Waals surface area contributed by atoms with E-state index in [0.29, 0.717) is 17.7 Å². The van der Waals surface area contributed by atoms with E-state index in [1.807, 2.05) is 0 Å². The van der Waals surface area contributed by atoms with E-state index in [9.17, 15) is 9.59 Å². The van der Waals surface area contributed by atoms with Crippen molar-refractivity contribution in [2.75, 3.05) is 0 Å². The van der Waals surface area contributed by atoms with Crippen molar-refractivity contribution in [1.29, 1.82) is 0 Å².